The van der Waals surface area contributed by atoms with Gasteiger partial charge in [-0.25, -0.2) is 4.98 Å². The van der Waals surface area contributed by atoms with Gasteiger partial charge in [-0.1, -0.05) is 6.07 Å². The van der Waals surface area contributed by atoms with Crippen molar-refractivity contribution >= 4 is 5.91 Å². The van der Waals surface area contributed by atoms with Crippen molar-refractivity contribution in [2.45, 2.75) is 19.4 Å². The van der Waals surface area contributed by atoms with Gasteiger partial charge in [-0.2, -0.15) is 5.10 Å². The summed E-state index contributed by atoms with van der Waals surface area (Å²) >= 11 is 0. The average molecular weight is 356 g/mol. The maximum absolute atomic E-state index is 12.4. The van der Waals surface area contributed by atoms with Gasteiger partial charge in [-0.05, 0) is 24.5 Å². The zero-order valence-electron chi connectivity index (χ0n) is 14.8. The number of carbonyl (C=O) groups excluding carboxylic acids is 1. The van der Waals surface area contributed by atoms with E-state index in [2.05, 4.69) is 31.1 Å². The molecule has 0 saturated carbocycles. The van der Waals surface area contributed by atoms with E-state index in [1.54, 1.807) is 6.20 Å². The van der Waals surface area contributed by atoms with E-state index in [9.17, 15) is 4.79 Å². The first-order valence-corrected chi connectivity index (χ1v) is 9.08. The van der Waals surface area contributed by atoms with Crippen LogP contribution in [0.25, 0.3) is 0 Å². The Labute approximate surface area is 152 Å². The Morgan fingerprint density at radius 3 is 2.92 bits per heavy atom. The van der Waals surface area contributed by atoms with Gasteiger partial charge in [0, 0.05) is 50.5 Å². The van der Waals surface area contributed by atoms with E-state index in [0.717, 1.165) is 58.8 Å². The summed E-state index contributed by atoms with van der Waals surface area (Å²) < 4.78 is 5.93. The number of aromatic amines is 1. The normalized spacial score (nSPS) is 20.8. The highest BCUT2D eigenvalue weighted by molar-refractivity contribution is 5.90. The number of pyridine rings is 1. The lowest BCUT2D eigenvalue weighted by atomic mass is 9.78. The van der Waals surface area contributed by atoms with E-state index in [1.807, 2.05) is 17.2 Å². The molecule has 4 rings (SSSR count). The quantitative estimate of drug-likeness (QED) is 0.881. The number of amides is 1. The summed E-state index contributed by atoms with van der Waals surface area (Å²) in [6.07, 6.45) is 6.98. The maximum Gasteiger partial charge on any atom is 0.291 e. The first-order valence-electron chi connectivity index (χ1n) is 9.08. The molecule has 2 aromatic heterocycles. The predicted octanol–water partition coefficient (Wildman–Crippen LogP) is 0.954. The molecule has 2 fully saturated rings. The van der Waals surface area contributed by atoms with Gasteiger partial charge in [0.15, 0.2) is 0 Å². The molecule has 0 aliphatic carbocycles. The summed E-state index contributed by atoms with van der Waals surface area (Å²) in [6.45, 7) is 5.78. The number of piperidine rings is 1. The Hall–Kier alpha value is -2.32. The average Bonchev–Trinajstić information content (AvgIpc) is 3.14. The van der Waals surface area contributed by atoms with Gasteiger partial charge in [0.2, 0.25) is 5.82 Å². The minimum absolute atomic E-state index is 0.0703. The van der Waals surface area contributed by atoms with Gasteiger partial charge in [0.1, 0.15) is 6.33 Å². The second-order valence-electron chi connectivity index (χ2n) is 7.25. The summed E-state index contributed by atoms with van der Waals surface area (Å²) in [5.41, 5.74) is 1.33. The molecule has 0 unspecified atom stereocenters. The van der Waals surface area contributed by atoms with Crippen LogP contribution < -0.4 is 0 Å². The molecule has 0 atom stereocenters. The summed E-state index contributed by atoms with van der Waals surface area (Å²) in [6, 6.07) is 4.09. The third kappa shape index (κ3) is 3.76. The Morgan fingerprint density at radius 1 is 1.31 bits per heavy atom. The molecule has 2 aliphatic rings. The van der Waals surface area contributed by atoms with Gasteiger partial charge in [0.05, 0.1) is 13.2 Å². The molecule has 1 N–H and O–H groups in total. The van der Waals surface area contributed by atoms with Crippen LogP contribution in [-0.2, 0) is 11.3 Å². The molecule has 2 aromatic rings. The molecule has 138 valence electrons. The van der Waals surface area contributed by atoms with E-state index in [-0.39, 0.29) is 11.3 Å². The summed E-state index contributed by atoms with van der Waals surface area (Å²) in [7, 11) is 0. The molecule has 4 heterocycles. The molecular weight excluding hydrogens is 332 g/mol. The van der Waals surface area contributed by atoms with Crippen molar-refractivity contribution in [2.75, 3.05) is 39.4 Å². The number of H-pyrrole nitrogens is 1. The molecule has 8 nitrogen and oxygen atoms in total. The van der Waals surface area contributed by atoms with Crippen molar-refractivity contribution in [3.8, 4) is 0 Å². The second kappa shape index (κ2) is 7.51. The number of aromatic nitrogens is 4. The monoisotopic (exact) mass is 356 g/mol. The molecule has 1 amide bonds. The number of likely N-dealkylation sites (tertiary alicyclic amines) is 1. The fourth-order valence-corrected chi connectivity index (χ4v) is 3.91. The van der Waals surface area contributed by atoms with Crippen LogP contribution in [-0.4, -0.2) is 75.3 Å². The topological polar surface area (TPSA) is 87.2 Å². The Bertz CT molecular complexity index is 713. The SMILES string of the molecule is O=C(c1ncn[nH]1)N1CCC2(CC1)COCCN(Cc1cccnc1)C2. The van der Waals surface area contributed by atoms with Gasteiger partial charge < -0.3 is 9.64 Å². The number of hydrogen-bond donors (Lipinski definition) is 1. The third-order valence-electron chi connectivity index (χ3n) is 5.38. The number of rotatable bonds is 3. The fraction of sp³-hybridized carbons (Fsp3) is 0.556. The molecule has 0 bridgehead atoms. The van der Waals surface area contributed by atoms with Crippen LogP contribution in [0.2, 0.25) is 0 Å². The highest BCUT2D eigenvalue weighted by Crippen LogP contribution is 2.35. The first-order chi connectivity index (χ1) is 12.7. The van der Waals surface area contributed by atoms with Crippen LogP contribution in [0.3, 0.4) is 0 Å². The van der Waals surface area contributed by atoms with E-state index in [4.69, 9.17) is 4.74 Å². The van der Waals surface area contributed by atoms with Crippen LogP contribution in [0.15, 0.2) is 30.9 Å². The lowest BCUT2D eigenvalue weighted by Gasteiger charge is -2.42. The molecule has 26 heavy (non-hydrogen) atoms. The number of hydrogen-bond acceptors (Lipinski definition) is 6. The standard InChI is InChI=1S/C18H24N6O2/c25-17(16-20-14-21-22-16)24-6-3-18(4-7-24)12-23(8-9-26-13-18)11-15-2-1-5-19-10-15/h1-2,5,10,14H,3-4,6-9,11-13H2,(H,20,21,22). The zero-order valence-corrected chi connectivity index (χ0v) is 14.8. The molecule has 2 saturated heterocycles. The van der Waals surface area contributed by atoms with E-state index in [0.29, 0.717) is 5.82 Å². The lowest BCUT2D eigenvalue weighted by Crippen LogP contribution is -2.49. The van der Waals surface area contributed by atoms with Crippen LogP contribution >= 0.6 is 0 Å². The Kier molecular flexibility index (Phi) is 4.94. The van der Waals surface area contributed by atoms with Crippen molar-refractivity contribution in [1.82, 2.24) is 30.0 Å². The van der Waals surface area contributed by atoms with Gasteiger partial charge in [-0.3, -0.25) is 19.8 Å². The molecule has 8 heteroatoms. The highest BCUT2D eigenvalue weighted by Gasteiger charge is 2.39. The van der Waals surface area contributed by atoms with Crippen molar-refractivity contribution in [3.63, 3.8) is 0 Å². The minimum atomic E-state index is -0.0703. The van der Waals surface area contributed by atoms with Crippen LogP contribution in [0, 0.1) is 5.41 Å². The van der Waals surface area contributed by atoms with Gasteiger partial charge in [0.25, 0.3) is 5.91 Å². The molecule has 0 radical (unpaired) electrons. The minimum Gasteiger partial charge on any atom is -0.379 e. The number of nitrogens with zero attached hydrogens (tertiary/aromatic N) is 5. The number of ether oxygens (including phenoxy) is 1. The van der Waals surface area contributed by atoms with Crippen molar-refractivity contribution < 1.29 is 9.53 Å². The maximum atomic E-state index is 12.4. The van der Waals surface area contributed by atoms with Crippen molar-refractivity contribution in [3.05, 3.63) is 42.2 Å². The molecule has 1 spiro atoms. The molecule has 0 aromatic carbocycles. The third-order valence-corrected chi connectivity index (χ3v) is 5.38. The summed E-state index contributed by atoms with van der Waals surface area (Å²) in [5, 5.41) is 6.43. The van der Waals surface area contributed by atoms with Crippen molar-refractivity contribution in [2.24, 2.45) is 5.41 Å². The summed E-state index contributed by atoms with van der Waals surface area (Å²) in [5.74, 6) is 0.246. The van der Waals surface area contributed by atoms with Gasteiger partial charge in [-0.15, -0.1) is 0 Å². The molecular formula is C18H24N6O2. The first kappa shape index (κ1) is 17.1. The van der Waals surface area contributed by atoms with Crippen molar-refractivity contribution in [1.29, 1.82) is 0 Å². The zero-order chi connectivity index (χ0) is 17.8. The fourth-order valence-electron chi connectivity index (χ4n) is 3.91. The molecule has 2 aliphatic heterocycles. The Morgan fingerprint density at radius 2 is 2.19 bits per heavy atom. The number of nitrogens with one attached hydrogen (secondary N) is 1. The summed E-state index contributed by atoms with van der Waals surface area (Å²) in [4.78, 5) is 25.0. The van der Waals surface area contributed by atoms with Gasteiger partial charge >= 0.3 is 0 Å². The second-order valence-corrected chi connectivity index (χ2v) is 7.25. The highest BCUT2D eigenvalue weighted by atomic mass is 16.5. The van der Waals surface area contributed by atoms with Crippen LogP contribution in [0.5, 0.6) is 0 Å². The van der Waals surface area contributed by atoms with E-state index < -0.39 is 0 Å². The lowest BCUT2D eigenvalue weighted by molar-refractivity contribution is 0.0141. The van der Waals surface area contributed by atoms with Crippen LogP contribution in [0.4, 0.5) is 0 Å². The largest absolute Gasteiger partial charge is 0.379 e. The van der Waals surface area contributed by atoms with E-state index in [1.165, 1.54) is 11.9 Å². The Balaban J connectivity index is 1.39. The van der Waals surface area contributed by atoms with E-state index >= 15 is 0 Å². The predicted molar refractivity (Wildman–Crippen MR) is 94.3 cm³/mol. The van der Waals surface area contributed by atoms with Crippen LogP contribution in [0.1, 0.15) is 29.0 Å². The smallest absolute Gasteiger partial charge is 0.291 e. The number of carbonyl (C=O) groups is 1.